The molecular weight excluding hydrogens is 723 g/mol. The van der Waals surface area contributed by atoms with Crippen molar-refractivity contribution in [3.05, 3.63) is 236 Å². The average molecular weight is 766 g/mol. The lowest BCUT2D eigenvalue weighted by atomic mass is 9.82. The molecule has 10 aromatic carbocycles. The van der Waals surface area contributed by atoms with Crippen LogP contribution >= 0.6 is 0 Å². The van der Waals surface area contributed by atoms with E-state index in [1.54, 1.807) is 0 Å². The molecule has 0 bridgehead atoms. The third-order valence-electron chi connectivity index (χ3n) is 12.7. The lowest BCUT2D eigenvalue weighted by molar-refractivity contribution is 0.660. The molecular formula is C59H43N. The van der Waals surface area contributed by atoms with Crippen LogP contribution in [-0.4, -0.2) is 0 Å². The van der Waals surface area contributed by atoms with Gasteiger partial charge in [0.1, 0.15) is 0 Å². The zero-order valence-electron chi connectivity index (χ0n) is 33.8. The van der Waals surface area contributed by atoms with Crippen molar-refractivity contribution in [1.29, 1.82) is 0 Å². The highest BCUT2D eigenvalue weighted by Crippen LogP contribution is 2.52. The summed E-state index contributed by atoms with van der Waals surface area (Å²) >= 11 is 0. The van der Waals surface area contributed by atoms with Crippen molar-refractivity contribution in [2.75, 3.05) is 4.90 Å². The Morgan fingerprint density at radius 3 is 1.58 bits per heavy atom. The minimum absolute atomic E-state index is 0.0592. The van der Waals surface area contributed by atoms with Gasteiger partial charge in [0, 0.05) is 22.5 Å². The van der Waals surface area contributed by atoms with E-state index >= 15 is 0 Å². The summed E-state index contributed by atoms with van der Waals surface area (Å²) in [5.41, 5.74) is 18.5. The van der Waals surface area contributed by atoms with Gasteiger partial charge in [-0.25, -0.2) is 0 Å². The molecule has 0 aliphatic heterocycles. The topological polar surface area (TPSA) is 3.24 Å². The summed E-state index contributed by atoms with van der Waals surface area (Å²) in [7, 11) is 0. The molecule has 1 aliphatic rings. The van der Waals surface area contributed by atoms with Crippen molar-refractivity contribution in [3.8, 4) is 55.6 Å². The van der Waals surface area contributed by atoms with Crippen molar-refractivity contribution in [2.45, 2.75) is 19.3 Å². The van der Waals surface area contributed by atoms with Crippen LogP contribution in [0.25, 0.3) is 77.2 Å². The van der Waals surface area contributed by atoms with E-state index in [0.717, 1.165) is 17.1 Å². The third kappa shape index (κ3) is 6.10. The second-order valence-electron chi connectivity index (χ2n) is 16.5. The SMILES string of the molecule is CC1(C)c2ccccc2-c2c(-c3cccc(N(c4ccc(-c5ccc(-c6cccc7ccccc67)cc5)cc4)c4ccc(-c5ccc6ccccc6c5)cc4)c3)cccc21. The Labute approximate surface area is 352 Å². The number of nitrogens with zero attached hydrogens (tertiary/aromatic N) is 1. The minimum Gasteiger partial charge on any atom is -0.310 e. The van der Waals surface area contributed by atoms with Crippen molar-refractivity contribution in [3.63, 3.8) is 0 Å². The normalized spacial score (nSPS) is 12.6. The van der Waals surface area contributed by atoms with Gasteiger partial charge < -0.3 is 4.90 Å². The number of benzene rings is 10. The van der Waals surface area contributed by atoms with Crippen molar-refractivity contribution in [2.24, 2.45) is 0 Å². The lowest BCUT2D eigenvalue weighted by Crippen LogP contribution is -2.14. The Bertz CT molecular complexity index is 3200. The van der Waals surface area contributed by atoms with E-state index in [1.807, 2.05) is 0 Å². The van der Waals surface area contributed by atoms with Gasteiger partial charge in [0.05, 0.1) is 0 Å². The molecule has 0 spiro atoms. The molecule has 1 nitrogen and oxygen atoms in total. The van der Waals surface area contributed by atoms with Gasteiger partial charge in [-0.3, -0.25) is 0 Å². The summed E-state index contributed by atoms with van der Waals surface area (Å²) in [6.07, 6.45) is 0. The smallest absolute Gasteiger partial charge is 0.0467 e. The van der Waals surface area contributed by atoms with E-state index in [-0.39, 0.29) is 5.41 Å². The number of anilines is 3. The van der Waals surface area contributed by atoms with Gasteiger partial charge >= 0.3 is 0 Å². The van der Waals surface area contributed by atoms with Gasteiger partial charge in [-0.2, -0.15) is 0 Å². The largest absolute Gasteiger partial charge is 0.310 e. The van der Waals surface area contributed by atoms with Gasteiger partial charge in [0.25, 0.3) is 0 Å². The first-order valence-electron chi connectivity index (χ1n) is 20.9. The van der Waals surface area contributed by atoms with E-state index in [0.29, 0.717) is 0 Å². The zero-order valence-corrected chi connectivity index (χ0v) is 33.8. The van der Waals surface area contributed by atoms with Crippen LogP contribution in [0.3, 0.4) is 0 Å². The van der Waals surface area contributed by atoms with Crippen molar-refractivity contribution in [1.82, 2.24) is 0 Å². The molecule has 0 atom stereocenters. The Hall–Kier alpha value is -7.48. The molecule has 0 fully saturated rings. The molecule has 0 heterocycles. The predicted molar refractivity (Wildman–Crippen MR) is 255 cm³/mol. The van der Waals surface area contributed by atoms with Crippen LogP contribution in [0.15, 0.2) is 224 Å². The van der Waals surface area contributed by atoms with Crippen LogP contribution in [0.1, 0.15) is 25.0 Å². The van der Waals surface area contributed by atoms with E-state index in [2.05, 4.69) is 243 Å². The van der Waals surface area contributed by atoms with E-state index < -0.39 is 0 Å². The number of rotatable bonds is 7. The summed E-state index contributed by atoms with van der Waals surface area (Å²) in [5, 5.41) is 5.04. The molecule has 284 valence electrons. The average Bonchev–Trinajstić information content (AvgIpc) is 3.55. The van der Waals surface area contributed by atoms with Gasteiger partial charge in [0.2, 0.25) is 0 Å². The first kappa shape index (κ1) is 35.7. The van der Waals surface area contributed by atoms with Crippen LogP contribution in [-0.2, 0) is 5.41 Å². The van der Waals surface area contributed by atoms with Gasteiger partial charge in [-0.1, -0.05) is 196 Å². The molecule has 0 saturated heterocycles. The van der Waals surface area contributed by atoms with Crippen LogP contribution < -0.4 is 4.90 Å². The molecule has 10 aromatic rings. The predicted octanol–water partition coefficient (Wildman–Crippen LogP) is 16.4. The molecule has 0 radical (unpaired) electrons. The fourth-order valence-electron chi connectivity index (χ4n) is 9.55. The fourth-order valence-corrected chi connectivity index (χ4v) is 9.55. The molecule has 0 aromatic heterocycles. The second kappa shape index (κ2) is 14.4. The molecule has 0 unspecified atom stereocenters. The van der Waals surface area contributed by atoms with Gasteiger partial charge in [-0.05, 0) is 131 Å². The second-order valence-corrected chi connectivity index (χ2v) is 16.5. The van der Waals surface area contributed by atoms with E-state index in [1.165, 1.54) is 88.3 Å². The summed E-state index contributed by atoms with van der Waals surface area (Å²) in [6.45, 7) is 4.70. The zero-order chi connectivity index (χ0) is 40.2. The maximum absolute atomic E-state index is 2.39. The van der Waals surface area contributed by atoms with Crippen LogP contribution in [0.2, 0.25) is 0 Å². The standard InChI is InChI=1S/C59H43N/c1-59(2)56-22-8-7-19-55(56)58-54(21-11-23-57(58)59)48-16-9-17-51(39-48)60(50-36-32-43(33-37-50)47-29-26-40-12-3-4-14-46(40)38-47)49-34-30-42(31-35-49)41-24-27-45(28-25-41)53-20-10-15-44-13-5-6-18-52(44)53/h3-39H,1-2H3. The molecule has 0 amide bonds. The highest BCUT2D eigenvalue weighted by molar-refractivity contribution is 5.97. The monoisotopic (exact) mass is 765 g/mol. The van der Waals surface area contributed by atoms with Crippen molar-refractivity contribution >= 4 is 38.6 Å². The summed E-state index contributed by atoms with van der Waals surface area (Å²) in [4.78, 5) is 2.39. The molecule has 1 aliphatic carbocycles. The molecule has 60 heavy (non-hydrogen) atoms. The van der Waals surface area contributed by atoms with Crippen LogP contribution in [0, 0.1) is 0 Å². The first-order chi connectivity index (χ1) is 29.5. The van der Waals surface area contributed by atoms with E-state index in [4.69, 9.17) is 0 Å². The maximum atomic E-state index is 2.39. The van der Waals surface area contributed by atoms with Gasteiger partial charge in [-0.15, -0.1) is 0 Å². The summed E-state index contributed by atoms with van der Waals surface area (Å²) < 4.78 is 0. The van der Waals surface area contributed by atoms with Gasteiger partial charge in [0.15, 0.2) is 0 Å². The number of hydrogen-bond donors (Lipinski definition) is 0. The quantitative estimate of drug-likeness (QED) is 0.156. The van der Waals surface area contributed by atoms with Crippen molar-refractivity contribution < 1.29 is 0 Å². The molecule has 1 heteroatoms. The number of fused-ring (bicyclic) bond motifs is 5. The Morgan fingerprint density at radius 1 is 0.300 bits per heavy atom. The number of hydrogen-bond acceptors (Lipinski definition) is 1. The molecule has 11 rings (SSSR count). The Balaban J connectivity index is 0.981. The highest BCUT2D eigenvalue weighted by atomic mass is 15.1. The molecule has 0 N–H and O–H groups in total. The lowest BCUT2D eigenvalue weighted by Gasteiger charge is -2.27. The summed E-state index contributed by atoms with van der Waals surface area (Å²) in [6, 6.07) is 82.3. The van der Waals surface area contributed by atoms with Crippen LogP contribution in [0.5, 0.6) is 0 Å². The minimum atomic E-state index is -0.0592. The Morgan fingerprint density at radius 2 is 0.817 bits per heavy atom. The Kier molecular flexibility index (Phi) is 8.57. The maximum Gasteiger partial charge on any atom is 0.0467 e. The third-order valence-corrected chi connectivity index (χ3v) is 12.7. The highest BCUT2D eigenvalue weighted by Gasteiger charge is 2.36. The van der Waals surface area contributed by atoms with E-state index in [9.17, 15) is 0 Å². The fraction of sp³-hybridized carbons (Fsp3) is 0.0508. The van der Waals surface area contributed by atoms with Crippen LogP contribution in [0.4, 0.5) is 17.1 Å². The first-order valence-corrected chi connectivity index (χ1v) is 20.9. The molecule has 0 saturated carbocycles. The summed E-state index contributed by atoms with van der Waals surface area (Å²) in [5.74, 6) is 0.